The van der Waals surface area contributed by atoms with Crippen LogP contribution in [-0.4, -0.2) is 25.8 Å². The zero-order valence-electron chi connectivity index (χ0n) is 11.0. The summed E-state index contributed by atoms with van der Waals surface area (Å²) in [6, 6.07) is 0. The predicted octanol–water partition coefficient (Wildman–Crippen LogP) is 4.29. The molecular formula is C12H26ClFO. The fourth-order valence-corrected chi connectivity index (χ4v) is 0.758. The second-order valence-corrected chi connectivity index (χ2v) is 5.36. The van der Waals surface area contributed by atoms with Crippen LogP contribution in [0.3, 0.4) is 0 Å². The highest BCUT2D eigenvalue weighted by Gasteiger charge is 2.21. The minimum Gasteiger partial charge on any atom is -0.380 e. The lowest BCUT2D eigenvalue weighted by atomic mass is 9.96. The van der Waals surface area contributed by atoms with Crippen molar-refractivity contribution in [1.82, 2.24) is 0 Å². The predicted molar refractivity (Wildman–Crippen MR) is 66.4 cm³/mol. The summed E-state index contributed by atoms with van der Waals surface area (Å²) in [5.41, 5.74) is -0.393. The number of halogens is 2. The van der Waals surface area contributed by atoms with E-state index in [1.165, 1.54) is 0 Å². The van der Waals surface area contributed by atoms with Gasteiger partial charge >= 0.3 is 0 Å². The van der Waals surface area contributed by atoms with Crippen molar-refractivity contribution in [1.29, 1.82) is 0 Å². The summed E-state index contributed by atoms with van der Waals surface area (Å²) in [5, 5.41) is 0. The lowest BCUT2D eigenvalue weighted by molar-refractivity contribution is 0.0133. The Morgan fingerprint density at radius 1 is 1.00 bits per heavy atom. The van der Waals surface area contributed by atoms with E-state index in [1.807, 2.05) is 41.5 Å². The number of alkyl halides is 2. The summed E-state index contributed by atoms with van der Waals surface area (Å²) in [6.45, 7) is 12.4. The van der Waals surface area contributed by atoms with Crippen LogP contribution in [0.15, 0.2) is 0 Å². The largest absolute Gasteiger partial charge is 0.380 e. The standard InChI is InChI=1S/C10H20ClFO.C2H6/c1-9(2,5-11)7-13-8-10(3,4)6-12;1-2/h5-8H2,1-4H3;1-2H3. The molecule has 0 aromatic rings. The Morgan fingerprint density at radius 2 is 1.40 bits per heavy atom. The van der Waals surface area contributed by atoms with Gasteiger partial charge in [0.15, 0.2) is 0 Å². The third kappa shape index (κ3) is 10.5. The van der Waals surface area contributed by atoms with E-state index in [0.717, 1.165) is 0 Å². The van der Waals surface area contributed by atoms with E-state index in [-0.39, 0.29) is 17.5 Å². The molecule has 15 heavy (non-hydrogen) atoms. The third-order valence-corrected chi connectivity index (χ3v) is 2.43. The highest BCUT2D eigenvalue weighted by molar-refractivity contribution is 6.18. The molecule has 3 heteroatoms. The molecule has 0 unspecified atom stereocenters. The minimum absolute atomic E-state index is 0.0199. The van der Waals surface area contributed by atoms with Gasteiger partial charge in [-0.15, -0.1) is 11.6 Å². The molecule has 0 N–H and O–H groups in total. The Balaban J connectivity index is 0. The van der Waals surface area contributed by atoms with E-state index in [4.69, 9.17) is 16.3 Å². The van der Waals surface area contributed by atoms with Crippen molar-refractivity contribution in [2.45, 2.75) is 41.5 Å². The SMILES string of the molecule is CC.CC(C)(CF)COCC(C)(C)CCl. The lowest BCUT2D eigenvalue weighted by Gasteiger charge is -2.25. The van der Waals surface area contributed by atoms with Gasteiger partial charge in [0.05, 0.1) is 19.9 Å². The first kappa shape index (κ1) is 17.6. The molecule has 0 spiro atoms. The van der Waals surface area contributed by atoms with Crippen molar-refractivity contribution in [2.75, 3.05) is 25.8 Å². The highest BCUT2D eigenvalue weighted by atomic mass is 35.5. The highest BCUT2D eigenvalue weighted by Crippen LogP contribution is 2.20. The van der Waals surface area contributed by atoms with E-state index < -0.39 is 0 Å². The van der Waals surface area contributed by atoms with Gasteiger partial charge in [0.1, 0.15) is 0 Å². The van der Waals surface area contributed by atoms with E-state index in [0.29, 0.717) is 19.1 Å². The Bertz CT molecular complexity index is 131. The van der Waals surface area contributed by atoms with Crippen LogP contribution in [0.1, 0.15) is 41.5 Å². The first-order chi connectivity index (χ1) is 6.83. The summed E-state index contributed by atoms with van der Waals surface area (Å²) in [4.78, 5) is 0. The topological polar surface area (TPSA) is 9.23 Å². The molecule has 0 aromatic heterocycles. The van der Waals surface area contributed by atoms with Crippen LogP contribution in [-0.2, 0) is 4.74 Å². The quantitative estimate of drug-likeness (QED) is 0.630. The molecule has 0 aromatic carbocycles. The smallest absolute Gasteiger partial charge is 0.0967 e. The molecule has 0 heterocycles. The summed E-state index contributed by atoms with van der Waals surface area (Å²) >= 11 is 5.72. The molecule has 0 fully saturated rings. The van der Waals surface area contributed by atoms with E-state index in [1.54, 1.807) is 0 Å². The van der Waals surface area contributed by atoms with Gasteiger partial charge in [-0.25, -0.2) is 0 Å². The Morgan fingerprint density at radius 3 is 1.73 bits per heavy atom. The fourth-order valence-electron chi connectivity index (χ4n) is 0.681. The molecule has 0 saturated carbocycles. The molecule has 1 nitrogen and oxygen atoms in total. The van der Waals surface area contributed by atoms with E-state index in [9.17, 15) is 4.39 Å². The van der Waals surface area contributed by atoms with Gasteiger partial charge in [0.25, 0.3) is 0 Å². The molecule has 0 radical (unpaired) electrons. The van der Waals surface area contributed by atoms with Crippen molar-refractivity contribution in [3.63, 3.8) is 0 Å². The maximum Gasteiger partial charge on any atom is 0.0967 e. The van der Waals surface area contributed by atoms with Gasteiger partial charge in [0, 0.05) is 16.7 Å². The summed E-state index contributed by atoms with van der Waals surface area (Å²) in [6.07, 6.45) is 0. The molecule has 0 aliphatic rings. The van der Waals surface area contributed by atoms with Crippen LogP contribution in [0.5, 0.6) is 0 Å². The number of ether oxygens (including phenoxy) is 1. The first-order valence-corrected chi connectivity index (χ1v) is 6.06. The van der Waals surface area contributed by atoms with Crippen LogP contribution in [0, 0.1) is 10.8 Å². The van der Waals surface area contributed by atoms with Crippen LogP contribution in [0.4, 0.5) is 4.39 Å². The Labute approximate surface area is 99.3 Å². The van der Waals surface area contributed by atoms with E-state index in [2.05, 4.69) is 0 Å². The van der Waals surface area contributed by atoms with Crippen molar-refractivity contribution in [3.8, 4) is 0 Å². The minimum atomic E-state index is -0.373. The fraction of sp³-hybridized carbons (Fsp3) is 1.00. The second-order valence-electron chi connectivity index (χ2n) is 5.09. The summed E-state index contributed by atoms with van der Waals surface area (Å²) in [5.74, 6) is 0.559. The summed E-state index contributed by atoms with van der Waals surface area (Å²) in [7, 11) is 0. The van der Waals surface area contributed by atoms with Crippen molar-refractivity contribution < 1.29 is 9.13 Å². The van der Waals surface area contributed by atoms with Crippen LogP contribution in [0.2, 0.25) is 0 Å². The second kappa shape index (κ2) is 8.35. The number of rotatable bonds is 6. The summed E-state index contributed by atoms with van der Waals surface area (Å²) < 4.78 is 17.8. The van der Waals surface area contributed by atoms with Gasteiger partial charge in [0.2, 0.25) is 0 Å². The first-order valence-electron chi connectivity index (χ1n) is 5.53. The molecule has 0 bridgehead atoms. The van der Waals surface area contributed by atoms with Crippen LogP contribution in [0.25, 0.3) is 0 Å². The molecule has 0 amide bonds. The van der Waals surface area contributed by atoms with Crippen LogP contribution < -0.4 is 0 Å². The zero-order chi connectivity index (χ0) is 12.5. The average Bonchev–Trinajstić information content (AvgIpc) is 2.20. The molecule has 0 rings (SSSR count). The van der Waals surface area contributed by atoms with Gasteiger partial charge < -0.3 is 4.74 Å². The van der Waals surface area contributed by atoms with Crippen LogP contribution >= 0.6 is 11.6 Å². The zero-order valence-corrected chi connectivity index (χ0v) is 11.7. The Kier molecular flexibility index (Phi) is 9.78. The van der Waals surface area contributed by atoms with Crippen molar-refractivity contribution >= 4 is 11.6 Å². The number of hydrogen-bond acceptors (Lipinski definition) is 1. The molecule has 94 valence electrons. The van der Waals surface area contributed by atoms with Gasteiger partial charge in [-0.2, -0.15) is 0 Å². The van der Waals surface area contributed by atoms with Gasteiger partial charge in [-0.05, 0) is 0 Å². The van der Waals surface area contributed by atoms with E-state index >= 15 is 0 Å². The lowest BCUT2D eigenvalue weighted by Crippen LogP contribution is -2.27. The number of hydrogen-bond donors (Lipinski definition) is 0. The van der Waals surface area contributed by atoms with Gasteiger partial charge in [-0.3, -0.25) is 4.39 Å². The Hall–Kier alpha value is 0.180. The average molecular weight is 241 g/mol. The molecule has 0 aliphatic heterocycles. The molecule has 0 aliphatic carbocycles. The van der Waals surface area contributed by atoms with Gasteiger partial charge in [-0.1, -0.05) is 41.5 Å². The monoisotopic (exact) mass is 240 g/mol. The molecular weight excluding hydrogens is 215 g/mol. The van der Waals surface area contributed by atoms with Crippen molar-refractivity contribution in [2.24, 2.45) is 10.8 Å². The maximum absolute atomic E-state index is 12.4. The molecule has 0 atom stereocenters. The molecule has 0 saturated heterocycles. The normalized spacial score (nSPS) is 12.0. The third-order valence-electron chi connectivity index (χ3n) is 1.71. The van der Waals surface area contributed by atoms with Crippen molar-refractivity contribution in [3.05, 3.63) is 0 Å². The maximum atomic E-state index is 12.4.